The molecule has 0 radical (unpaired) electrons. The van der Waals surface area contributed by atoms with Gasteiger partial charge < -0.3 is 14.5 Å². The van der Waals surface area contributed by atoms with Gasteiger partial charge in [0.1, 0.15) is 11.9 Å². The molecule has 7 nitrogen and oxygen atoms in total. The second-order valence-corrected chi connectivity index (χ2v) is 8.33. The molecule has 0 saturated carbocycles. The Bertz CT molecular complexity index is 742. The first-order chi connectivity index (χ1) is 11.3. The Labute approximate surface area is 142 Å². The highest BCUT2D eigenvalue weighted by Crippen LogP contribution is 2.36. The third-order valence-electron chi connectivity index (χ3n) is 4.47. The number of nitrogens with zero attached hydrogens (tertiary/aromatic N) is 3. The van der Waals surface area contributed by atoms with Gasteiger partial charge in [0.05, 0.1) is 17.1 Å². The number of benzene rings is 1. The highest BCUT2D eigenvalue weighted by Gasteiger charge is 2.31. The van der Waals surface area contributed by atoms with Crippen LogP contribution in [0.4, 0.5) is 5.69 Å². The lowest BCUT2D eigenvalue weighted by molar-refractivity contribution is -0.117. The van der Waals surface area contributed by atoms with Crippen LogP contribution in [0.5, 0.6) is 5.75 Å². The lowest BCUT2D eigenvalue weighted by atomic mass is 10.2. The molecule has 132 valence electrons. The molecule has 8 heteroatoms. The SMILES string of the molecule is CC(=O)N1C[C@@H](C)Oc2ccc(S(=O)(=O)N3CCN(C)CC3)cc21. The van der Waals surface area contributed by atoms with Crippen LogP contribution in [0.3, 0.4) is 0 Å². The lowest BCUT2D eigenvalue weighted by Gasteiger charge is -2.34. The number of carbonyl (C=O) groups is 1. The standard InChI is InChI=1S/C16H23N3O4S/c1-12-11-19(13(2)20)15-10-14(4-5-16(15)23-12)24(21,22)18-8-6-17(3)7-9-18/h4-5,10,12H,6-9,11H2,1-3H3/t12-/m1/s1. The molecule has 1 fully saturated rings. The lowest BCUT2D eigenvalue weighted by Crippen LogP contribution is -2.47. The summed E-state index contributed by atoms with van der Waals surface area (Å²) in [5.74, 6) is 0.418. The minimum atomic E-state index is -3.57. The quantitative estimate of drug-likeness (QED) is 0.785. The third kappa shape index (κ3) is 3.13. The van der Waals surface area contributed by atoms with Crippen molar-refractivity contribution in [3.8, 4) is 5.75 Å². The summed E-state index contributed by atoms with van der Waals surface area (Å²) in [6, 6.07) is 4.75. The fourth-order valence-corrected chi connectivity index (χ4v) is 4.50. The van der Waals surface area contributed by atoms with Crippen LogP contribution < -0.4 is 9.64 Å². The van der Waals surface area contributed by atoms with Gasteiger partial charge >= 0.3 is 0 Å². The van der Waals surface area contributed by atoms with Gasteiger partial charge in [0.2, 0.25) is 15.9 Å². The van der Waals surface area contributed by atoms with Crippen molar-refractivity contribution in [3.63, 3.8) is 0 Å². The number of fused-ring (bicyclic) bond motifs is 1. The van der Waals surface area contributed by atoms with Gasteiger partial charge in [0.15, 0.2) is 0 Å². The normalized spacial score (nSPS) is 22.8. The molecule has 3 rings (SSSR count). The maximum Gasteiger partial charge on any atom is 0.243 e. The molecule has 0 aliphatic carbocycles. The van der Waals surface area contributed by atoms with E-state index in [1.165, 1.54) is 11.2 Å². The summed E-state index contributed by atoms with van der Waals surface area (Å²) in [5, 5.41) is 0. The van der Waals surface area contributed by atoms with Gasteiger partial charge in [-0.2, -0.15) is 4.31 Å². The van der Waals surface area contributed by atoms with Crippen LogP contribution in [-0.4, -0.2) is 69.4 Å². The fourth-order valence-electron chi connectivity index (χ4n) is 3.05. The number of amides is 1. The Morgan fingerprint density at radius 2 is 1.88 bits per heavy atom. The Morgan fingerprint density at radius 1 is 1.21 bits per heavy atom. The van der Waals surface area contributed by atoms with Crippen LogP contribution in [-0.2, 0) is 14.8 Å². The number of carbonyl (C=O) groups excluding carboxylic acids is 1. The van der Waals surface area contributed by atoms with E-state index in [2.05, 4.69) is 4.90 Å². The smallest absolute Gasteiger partial charge is 0.243 e. The van der Waals surface area contributed by atoms with E-state index in [1.54, 1.807) is 23.1 Å². The van der Waals surface area contributed by atoms with Crippen LogP contribution in [0.25, 0.3) is 0 Å². The number of piperazine rings is 1. The first-order valence-electron chi connectivity index (χ1n) is 8.06. The molecule has 1 aromatic carbocycles. The first kappa shape index (κ1) is 17.2. The number of ether oxygens (including phenoxy) is 1. The zero-order valence-electron chi connectivity index (χ0n) is 14.2. The Kier molecular flexibility index (Phi) is 4.54. The molecular formula is C16H23N3O4S. The van der Waals surface area contributed by atoms with E-state index in [9.17, 15) is 13.2 Å². The van der Waals surface area contributed by atoms with Crippen molar-refractivity contribution >= 4 is 21.6 Å². The molecular weight excluding hydrogens is 330 g/mol. The van der Waals surface area contributed by atoms with Gasteiger partial charge in [0, 0.05) is 33.1 Å². The fraction of sp³-hybridized carbons (Fsp3) is 0.562. The number of sulfonamides is 1. The van der Waals surface area contributed by atoms with E-state index in [-0.39, 0.29) is 16.9 Å². The molecule has 0 N–H and O–H groups in total. The number of rotatable bonds is 2. The number of hydrogen-bond acceptors (Lipinski definition) is 5. The van der Waals surface area contributed by atoms with E-state index in [4.69, 9.17) is 4.74 Å². The van der Waals surface area contributed by atoms with Crippen LogP contribution in [0.1, 0.15) is 13.8 Å². The van der Waals surface area contributed by atoms with E-state index >= 15 is 0 Å². The summed E-state index contributed by atoms with van der Waals surface area (Å²) >= 11 is 0. The predicted molar refractivity (Wildman–Crippen MR) is 90.8 cm³/mol. The molecule has 1 saturated heterocycles. The second kappa shape index (κ2) is 6.34. The van der Waals surface area contributed by atoms with Crippen molar-refractivity contribution in [2.75, 3.05) is 44.7 Å². The van der Waals surface area contributed by atoms with Gasteiger partial charge in [0.25, 0.3) is 0 Å². The molecule has 24 heavy (non-hydrogen) atoms. The van der Waals surface area contributed by atoms with Crippen LogP contribution >= 0.6 is 0 Å². The molecule has 1 amide bonds. The predicted octanol–water partition coefficient (Wildman–Crippen LogP) is 0.757. The van der Waals surface area contributed by atoms with Crippen molar-refractivity contribution in [1.82, 2.24) is 9.21 Å². The van der Waals surface area contributed by atoms with Crippen molar-refractivity contribution in [2.24, 2.45) is 0 Å². The molecule has 1 atom stereocenters. The first-order valence-corrected chi connectivity index (χ1v) is 9.50. The molecule has 2 aliphatic heterocycles. The summed E-state index contributed by atoms with van der Waals surface area (Å²) in [5.41, 5.74) is 0.524. The number of hydrogen-bond donors (Lipinski definition) is 0. The monoisotopic (exact) mass is 353 g/mol. The molecule has 0 bridgehead atoms. The van der Waals surface area contributed by atoms with Gasteiger partial charge in [-0.25, -0.2) is 8.42 Å². The van der Waals surface area contributed by atoms with E-state index < -0.39 is 10.0 Å². The van der Waals surface area contributed by atoms with Crippen LogP contribution in [0.15, 0.2) is 23.1 Å². The molecule has 0 spiro atoms. The summed E-state index contributed by atoms with van der Waals surface area (Å²) in [6.07, 6.45) is -0.124. The Hall–Kier alpha value is -1.64. The van der Waals surface area contributed by atoms with E-state index in [0.29, 0.717) is 44.2 Å². The Morgan fingerprint density at radius 3 is 2.50 bits per heavy atom. The minimum absolute atomic E-state index is 0.124. The number of likely N-dealkylation sites (N-methyl/N-ethyl adjacent to an activating group) is 1. The molecule has 0 aromatic heterocycles. The summed E-state index contributed by atoms with van der Waals surface area (Å²) in [7, 11) is -1.59. The Balaban J connectivity index is 1.95. The topological polar surface area (TPSA) is 70.2 Å². The maximum absolute atomic E-state index is 12.9. The van der Waals surface area contributed by atoms with E-state index in [0.717, 1.165) is 0 Å². The van der Waals surface area contributed by atoms with Gasteiger partial charge in [-0.1, -0.05) is 0 Å². The molecule has 2 heterocycles. The summed E-state index contributed by atoms with van der Waals surface area (Å²) in [6.45, 7) is 6.14. The van der Waals surface area contributed by atoms with Crippen molar-refractivity contribution in [3.05, 3.63) is 18.2 Å². The zero-order chi connectivity index (χ0) is 17.5. The maximum atomic E-state index is 12.9. The van der Waals surface area contributed by atoms with Gasteiger partial charge in [-0.15, -0.1) is 0 Å². The minimum Gasteiger partial charge on any atom is -0.487 e. The van der Waals surface area contributed by atoms with Gasteiger partial charge in [-0.05, 0) is 32.2 Å². The molecule has 2 aliphatic rings. The van der Waals surface area contributed by atoms with Crippen molar-refractivity contribution < 1.29 is 17.9 Å². The summed E-state index contributed by atoms with van der Waals surface area (Å²) < 4.78 is 33.0. The largest absolute Gasteiger partial charge is 0.487 e. The van der Waals surface area contributed by atoms with Gasteiger partial charge in [-0.3, -0.25) is 4.79 Å². The highest BCUT2D eigenvalue weighted by atomic mass is 32.2. The van der Waals surface area contributed by atoms with Crippen LogP contribution in [0, 0.1) is 0 Å². The zero-order valence-corrected chi connectivity index (χ0v) is 15.0. The number of anilines is 1. The average Bonchev–Trinajstić information content (AvgIpc) is 2.53. The van der Waals surface area contributed by atoms with Crippen molar-refractivity contribution in [1.29, 1.82) is 0 Å². The highest BCUT2D eigenvalue weighted by molar-refractivity contribution is 7.89. The van der Waals surface area contributed by atoms with Crippen LogP contribution in [0.2, 0.25) is 0 Å². The second-order valence-electron chi connectivity index (χ2n) is 6.39. The van der Waals surface area contributed by atoms with Crippen molar-refractivity contribution in [2.45, 2.75) is 24.8 Å². The summed E-state index contributed by atoms with van der Waals surface area (Å²) in [4.78, 5) is 15.8. The molecule has 1 aromatic rings. The average molecular weight is 353 g/mol. The molecule has 0 unspecified atom stereocenters. The van der Waals surface area contributed by atoms with E-state index in [1.807, 2.05) is 14.0 Å². The third-order valence-corrected chi connectivity index (χ3v) is 6.36.